The zero-order valence-corrected chi connectivity index (χ0v) is 25.0. The van der Waals surface area contributed by atoms with E-state index >= 15 is 0 Å². The van der Waals surface area contributed by atoms with Crippen LogP contribution >= 0.6 is 0 Å². The second-order valence-electron chi connectivity index (χ2n) is 10.9. The average Bonchev–Trinajstić information content (AvgIpc) is 3.05. The molecule has 9 heteroatoms. The molecule has 0 saturated heterocycles. The van der Waals surface area contributed by atoms with E-state index in [1.54, 1.807) is 45.6 Å². The Labute approximate surface area is 254 Å². The van der Waals surface area contributed by atoms with Gasteiger partial charge in [-0.25, -0.2) is 4.39 Å². The smallest absolute Gasteiger partial charge is 0.257 e. The number of hydrogen-bond donors (Lipinski definition) is 2. The zero-order valence-electron chi connectivity index (χ0n) is 25.0. The van der Waals surface area contributed by atoms with E-state index in [-0.39, 0.29) is 27.4 Å². The van der Waals surface area contributed by atoms with Crippen molar-refractivity contribution in [3.05, 3.63) is 105 Å². The Balaban J connectivity index is 1.14. The predicted octanol–water partition coefficient (Wildman–Crippen LogP) is 6.09. The molecule has 5 aromatic rings. The van der Waals surface area contributed by atoms with E-state index in [0.717, 1.165) is 56.0 Å². The molecule has 2 heterocycles. The Morgan fingerprint density at radius 3 is 2.34 bits per heavy atom. The van der Waals surface area contributed by atoms with Crippen molar-refractivity contribution >= 4 is 33.4 Å². The second kappa shape index (κ2) is 12.4. The van der Waals surface area contributed by atoms with Crippen LogP contribution in [0.15, 0.2) is 71.5 Å². The molecule has 4 aromatic carbocycles. The molecule has 0 spiro atoms. The fourth-order valence-electron chi connectivity index (χ4n) is 6.00. The van der Waals surface area contributed by atoms with E-state index in [4.69, 9.17) is 14.2 Å². The van der Waals surface area contributed by atoms with Crippen LogP contribution in [0.25, 0.3) is 21.8 Å². The second-order valence-corrected chi connectivity index (χ2v) is 10.9. The summed E-state index contributed by atoms with van der Waals surface area (Å²) in [7, 11) is 4.88. The van der Waals surface area contributed by atoms with Crippen molar-refractivity contribution in [1.29, 1.82) is 0 Å². The summed E-state index contributed by atoms with van der Waals surface area (Å²) in [4.78, 5) is 31.9. The van der Waals surface area contributed by atoms with Gasteiger partial charge in [0.2, 0.25) is 0 Å². The maximum atomic E-state index is 14.5. The lowest BCUT2D eigenvalue weighted by atomic mass is 9.98. The van der Waals surface area contributed by atoms with Crippen LogP contribution in [0.3, 0.4) is 0 Å². The number of aromatic amines is 1. The number of ether oxygens (including phenoxy) is 3. The van der Waals surface area contributed by atoms with Gasteiger partial charge in [-0.05, 0) is 91.0 Å². The minimum atomic E-state index is -0.556. The Bertz CT molecular complexity index is 1940. The number of pyridine rings is 1. The Hall–Kier alpha value is -4.89. The van der Waals surface area contributed by atoms with Gasteiger partial charge >= 0.3 is 0 Å². The third kappa shape index (κ3) is 5.58. The number of hydrogen-bond acceptors (Lipinski definition) is 6. The molecule has 0 aliphatic carbocycles. The van der Waals surface area contributed by atoms with Crippen molar-refractivity contribution < 1.29 is 23.4 Å². The molecule has 1 aliphatic heterocycles. The first-order valence-electron chi connectivity index (χ1n) is 14.6. The zero-order chi connectivity index (χ0) is 30.8. The SMILES string of the molecule is COc1cc(CCCN2CCc3cc(OC)c(OC)cc3C2)ccc1NC(=O)c1cccc2c(=O)c3cccc(F)c3[nH]c12. The summed E-state index contributed by atoms with van der Waals surface area (Å²) in [6, 6.07) is 19.1. The molecule has 44 heavy (non-hydrogen) atoms. The number of carbonyl (C=O) groups excluding carboxylic acids is 1. The Morgan fingerprint density at radius 1 is 0.886 bits per heavy atom. The first-order valence-corrected chi connectivity index (χ1v) is 14.6. The largest absolute Gasteiger partial charge is 0.495 e. The molecule has 1 aliphatic rings. The molecule has 2 N–H and O–H groups in total. The van der Waals surface area contributed by atoms with E-state index in [0.29, 0.717) is 16.8 Å². The number of methoxy groups -OCH3 is 3. The molecule has 0 atom stereocenters. The number of nitrogens with one attached hydrogen (secondary N) is 2. The fraction of sp³-hybridized carbons (Fsp3) is 0.257. The first kappa shape index (κ1) is 29.2. The third-order valence-corrected chi connectivity index (χ3v) is 8.31. The van der Waals surface area contributed by atoms with Gasteiger partial charge in [0.25, 0.3) is 5.91 Å². The number of aryl methyl sites for hydroxylation is 1. The summed E-state index contributed by atoms with van der Waals surface area (Å²) in [6.07, 6.45) is 2.78. The number of carbonyl (C=O) groups is 1. The van der Waals surface area contributed by atoms with Gasteiger partial charge in [0.15, 0.2) is 16.9 Å². The van der Waals surface area contributed by atoms with Crippen molar-refractivity contribution in [1.82, 2.24) is 9.88 Å². The van der Waals surface area contributed by atoms with E-state index in [9.17, 15) is 14.0 Å². The molecule has 6 rings (SSSR count). The van der Waals surface area contributed by atoms with Gasteiger partial charge in [0.05, 0.1) is 43.6 Å². The quantitative estimate of drug-likeness (QED) is 0.201. The van der Waals surface area contributed by atoms with Crippen molar-refractivity contribution in [3.63, 3.8) is 0 Å². The van der Waals surface area contributed by atoms with E-state index < -0.39 is 11.7 Å². The van der Waals surface area contributed by atoms with Gasteiger partial charge in [-0.2, -0.15) is 0 Å². The van der Waals surface area contributed by atoms with Gasteiger partial charge in [0.1, 0.15) is 11.6 Å². The lowest BCUT2D eigenvalue weighted by Gasteiger charge is -2.29. The molecule has 0 radical (unpaired) electrons. The average molecular weight is 596 g/mol. The summed E-state index contributed by atoms with van der Waals surface area (Å²) < 4.78 is 31.1. The lowest BCUT2D eigenvalue weighted by Crippen LogP contribution is -2.31. The summed E-state index contributed by atoms with van der Waals surface area (Å²) in [5.74, 6) is 1.06. The van der Waals surface area contributed by atoms with Gasteiger partial charge in [-0.1, -0.05) is 18.2 Å². The van der Waals surface area contributed by atoms with Gasteiger partial charge < -0.3 is 24.5 Å². The third-order valence-electron chi connectivity index (χ3n) is 8.31. The summed E-state index contributed by atoms with van der Waals surface area (Å²) >= 11 is 0. The van der Waals surface area contributed by atoms with Gasteiger partial charge in [-0.3, -0.25) is 14.5 Å². The van der Waals surface area contributed by atoms with Crippen LogP contribution in [0.4, 0.5) is 10.1 Å². The number of H-pyrrole nitrogens is 1. The summed E-state index contributed by atoms with van der Waals surface area (Å²) in [5, 5.41) is 3.46. The number of para-hydroxylation sites is 2. The number of fused-ring (bicyclic) bond motifs is 3. The standard InChI is InChI=1S/C35H34FN3O5/c1-42-29-17-21(7-6-15-39-16-14-22-18-30(43-2)31(44-3)19-23(22)20-39)12-13-28(29)37-35(41)26-10-4-8-24-32(26)38-33-25(34(24)40)9-5-11-27(33)36/h4-5,8-13,17-19H,6-7,14-16,20H2,1-3H3,(H,37,41)(H,38,40). The maximum absolute atomic E-state index is 14.5. The molecule has 0 fully saturated rings. The van der Waals surface area contributed by atoms with E-state index in [1.807, 2.05) is 18.2 Å². The number of benzene rings is 4. The first-order chi connectivity index (χ1) is 21.4. The summed E-state index contributed by atoms with van der Waals surface area (Å²) in [5.41, 5.74) is 4.42. The van der Waals surface area contributed by atoms with Gasteiger partial charge in [-0.15, -0.1) is 0 Å². The normalized spacial score (nSPS) is 13.1. The highest BCUT2D eigenvalue weighted by Gasteiger charge is 2.20. The molecule has 8 nitrogen and oxygen atoms in total. The van der Waals surface area contributed by atoms with Crippen molar-refractivity contribution in [2.45, 2.75) is 25.8 Å². The fourth-order valence-corrected chi connectivity index (χ4v) is 6.00. The molecule has 0 saturated carbocycles. The van der Waals surface area contributed by atoms with Crippen molar-refractivity contribution in [2.75, 3.05) is 39.7 Å². The van der Waals surface area contributed by atoms with E-state index in [1.165, 1.54) is 23.3 Å². The van der Waals surface area contributed by atoms with Crippen LogP contribution in [-0.2, 0) is 19.4 Å². The molecule has 1 amide bonds. The number of aromatic nitrogens is 1. The van der Waals surface area contributed by atoms with Crippen LogP contribution < -0.4 is 25.0 Å². The maximum Gasteiger partial charge on any atom is 0.257 e. The van der Waals surface area contributed by atoms with Crippen molar-refractivity contribution in [3.8, 4) is 17.2 Å². The monoisotopic (exact) mass is 595 g/mol. The number of amides is 1. The lowest BCUT2D eigenvalue weighted by molar-refractivity contribution is 0.102. The molecule has 1 aromatic heterocycles. The van der Waals surface area contributed by atoms with Gasteiger partial charge in [0, 0.05) is 23.9 Å². The Kier molecular flexibility index (Phi) is 8.21. The number of rotatable bonds is 9. The van der Waals surface area contributed by atoms with Crippen molar-refractivity contribution in [2.24, 2.45) is 0 Å². The topological polar surface area (TPSA) is 92.9 Å². The summed E-state index contributed by atoms with van der Waals surface area (Å²) in [6.45, 7) is 2.80. The number of anilines is 1. The minimum Gasteiger partial charge on any atom is -0.495 e. The molecule has 0 bridgehead atoms. The van der Waals surface area contributed by atoms with Crippen LogP contribution in [0.1, 0.15) is 33.5 Å². The van der Waals surface area contributed by atoms with E-state index in [2.05, 4.69) is 27.3 Å². The highest BCUT2D eigenvalue weighted by Crippen LogP contribution is 2.33. The molecule has 0 unspecified atom stereocenters. The number of halogens is 1. The van der Waals surface area contributed by atoms with Crippen LogP contribution in [-0.4, -0.2) is 50.2 Å². The molecule has 226 valence electrons. The number of nitrogens with zero attached hydrogens (tertiary/aromatic N) is 1. The van der Waals surface area contributed by atoms with Crippen LogP contribution in [0.5, 0.6) is 17.2 Å². The van der Waals surface area contributed by atoms with Crippen LogP contribution in [0.2, 0.25) is 0 Å². The van der Waals surface area contributed by atoms with Crippen LogP contribution in [0, 0.1) is 5.82 Å². The minimum absolute atomic E-state index is 0.0703. The Morgan fingerprint density at radius 2 is 1.59 bits per heavy atom. The highest BCUT2D eigenvalue weighted by molar-refractivity contribution is 6.13. The highest BCUT2D eigenvalue weighted by atomic mass is 19.1. The molecular weight excluding hydrogens is 561 g/mol. The molecular formula is C35H34FN3O5. The predicted molar refractivity (Wildman–Crippen MR) is 170 cm³/mol.